The first-order valence-corrected chi connectivity index (χ1v) is 8.70. The highest BCUT2D eigenvalue weighted by atomic mass is 32.1. The third kappa shape index (κ3) is 2.79. The standard InChI is InChI=1S/C15H18N2OS2/c1-3-10-4-5-12-11(6-10)7-13(20-12)14(18)17-15-16-9(2)8-19-15/h7-8,10H,3-6H2,1-2H3,(H,16,17,18)/t10-/m1/s1. The zero-order valence-corrected chi connectivity index (χ0v) is 13.4. The van der Waals surface area contributed by atoms with E-state index < -0.39 is 0 Å². The quantitative estimate of drug-likeness (QED) is 0.919. The number of nitrogens with one attached hydrogen (secondary N) is 1. The lowest BCUT2D eigenvalue weighted by Crippen LogP contribution is -2.11. The van der Waals surface area contributed by atoms with E-state index in [1.54, 1.807) is 11.3 Å². The normalized spacial score (nSPS) is 17.8. The second-order valence-corrected chi connectivity index (χ2v) is 7.32. The molecule has 0 bridgehead atoms. The number of hydrogen-bond acceptors (Lipinski definition) is 4. The van der Waals surface area contributed by atoms with Crippen LogP contribution >= 0.6 is 22.7 Å². The van der Waals surface area contributed by atoms with E-state index in [1.807, 2.05) is 12.3 Å². The Hall–Kier alpha value is -1.20. The largest absolute Gasteiger partial charge is 0.297 e. The molecule has 0 spiro atoms. The molecule has 3 nitrogen and oxygen atoms in total. The van der Waals surface area contributed by atoms with Crippen molar-refractivity contribution >= 4 is 33.7 Å². The van der Waals surface area contributed by atoms with Gasteiger partial charge in [-0.25, -0.2) is 4.98 Å². The predicted molar refractivity (Wildman–Crippen MR) is 84.9 cm³/mol. The SMILES string of the molecule is CC[C@@H]1CCc2sc(C(=O)Nc3nc(C)cs3)cc2C1. The van der Waals surface area contributed by atoms with E-state index in [1.165, 1.54) is 34.6 Å². The Balaban J connectivity index is 1.74. The number of hydrogen-bond donors (Lipinski definition) is 1. The lowest BCUT2D eigenvalue weighted by Gasteiger charge is -2.19. The first kappa shape index (κ1) is 13.8. The van der Waals surface area contributed by atoms with Crippen LogP contribution in [0.3, 0.4) is 0 Å². The summed E-state index contributed by atoms with van der Waals surface area (Å²) in [7, 11) is 0. The topological polar surface area (TPSA) is 42.0 Å². The Morgan fingerprint density at radius 2 is 2.40 bits per heavy atom. The molecule has 1 aliphatic rings. The van der Waals surface area contributed by atoms with Crippen LogP contribution in [0.25, 0.3) is 0 Å². The second-order valence-electron chi connectivity index (χ2n) is 5.32. The molecule has 2 aromatic rings. The molecule has 1 aliphatic carbocycles. The highest BCUT2D eigenvalue weighted by molar-refractivity contribution is 7.15. The van der Waals surface area contributed by atoms with Gasteiger partial charge in [0.2, 0.25) is 0 Å². The van der Waals surface area contributed by atoms with Gasteiger partial charge in [0, 0.05) is 10.3 Å². The van der Waals surface area contributed by atoms with Crippen LogP contribution in [0.4, 0.5) is 5.13 Å². The van der Waals surface area contributed by atoms with Gasteiger partial charge in [-0.1, -0.05) is 13.3 Å². The monoisotopic (exact) mass is 306 g/mol. The average molecular weight is 306 g/mol. The molecular formula is C15H18N2OS2. The summed E-state index contributed by atoms with van der Waals surface area (Å²) in [6, 6.07) is 2.08. The van der Waals surface area contributed by atoms with Crippen LogP contribution in [0, 0.1) is 12.8 Å². The number of fused-ring (bicyclic) bond motifs is 1. The maximum atomic E-state index is 12.3. The average Bonchev–Trinajstić information content (AvgIpc) is 3.03. The van der Waals surface area contributed by atoms with Crippen molar-refractivity contribution in [2.45, 2.75) is 39.5 Å². The summed E-state index contributed by atoms with van der Waals surface area (Å²) in [6.45, 7) is 4.18. The van der Waals surface area contributed by atoms with Crippen molar-refractivity contribution in [2.75, 3.05) is 5.32 Å². The lowest BCUT2D eigenvalue weighted by atomic mass is 9.87. The van der Waals surface area contributed by atoms with Crippen molar-refractivity contribution < 1.29 is 4.79 Å². The zero-order valence-electron chi connectivity index (χ0n) is 11.7. The van der Waals surface area contributed by atoms with Crippen LogP contribution in [0.15, 0.2) is 11.4 Å². The van der Waals surface area contributed by atoms with Gasteiger partial charge in [-0.3, -0.25) is 10.1 Å². The Morgan fingerprint density at radius 3 is 3.10 bits per heavy atom. The van der Waals surface area contributed by atoms with Gasteiger partial charge in [0.15, 0.2) is 5.13 Å². The Morgan fingerprint density at radius 1 is 1.55 bits per heavy atom. The first-order valence-electron chi connectivity index (χ1n) is 7.00. The molecule has 0 fully saturated rings. The summed E-state index contributed by atoms with van der Waals surface area (Å²) < 4.78 is 0. The van der Waals surface area contributed by atoms with Crippen LogP contribution in [0.5, 0.6) is 0 Å². The molecule has 0 aromatic carbocycles. The molecule has 1 atom stereocenters. The van der Waals surface area contributed by atoms with Crippen LogP contribution in [-0.4, -0.2) is 10.9 Å². The maximum absolute atomic E-state index is 12.3. The number of carbonyl (C=O) groups excluding carboxylic acids is 1. The highest BCUT2D eigenvalue weighted by Crippen LogP contribution is 2.33. The summed E-state index contributed by atoms with van der Waals surface area (Å²) >= 11 is 3.12. The number of thiazole rings is 1. The van der Waals surface area contributed by atoms with Crippen molar-refractivity contribution in [1.82, 2.24) is 4.98 Å². The summed E-state index contributed by atoms with van der Waals surface area (Å²) in [4.78, 5) is 18.8. The van der Waals surface area contributed by atoms with Gasteiger partial charge < -0.3 is 0 Å². The lowest BCUT2D eigenvalue weighted by molar-refractivity contribution is 0.103. The molecule has 0 unspecified atom stereocenters. The van der Waals surface area contributed by atoms with Crippen molar-refractivity contribution in [3.05, 3.63) is 32.5 Å². The Bertz CT molecular complexity index is 630. The fraction of sp³-hybridized carbons (Fsp3) is 0.467. The molecule has 1 N–H and O–H groups in total. The number of aryl methyl sites for hydroxylation is 2. The zero-order chi connectivity index (χ0) is 14.1. The molecule has 0 saturated heterocycles. The van der Waals surface area contributed by atoms with Crippen LogP contribution in [0.2, 0.25) is 0 Å². The molecule has 2 aromatic heterocycles. The van der Waals surface area contributed by atoms with Gasteiger partial charge in [-0.2, -0.15) is 0 Å². The van der Waals surface area contributed by atoms with E-state index in [9.17, 15) is 4.79 Å². The summed E-state index contributed by atoms with van der Waals surface area (Å²) in [5, 5.41) is 5.52. The summed E-state index contributed by atoms with van der Waals surface area (Å²) in [6.07, 6.45) is 4.75. The van der Waals surface area contributed by atoms with Crippen LogP contribution in [-0.2, 0) is 12.8 Å². The number of thiophene rings is 1. The number of carbonyl (C=O) groups is 1. The number of anilines is 1. The highest BCUT2D eigenvalue weighted by Gasteiger charge is 2.22. The van der Waals surface area contributed by atoms with E-state index in [0.29, 0.717) is 5.13 Å². The molecule has 20 heavy (non-hydrogen) atoms. The van der Waals surface area contributed by atoms with Crippen molar-refractivity contribution in [2.24, 2.45) is 5.92 Å². The predicted octanol–water partition coefficient (Wildman–Crippen LogP) is 4.28. The summed E-state index contributed by atoms with van der Waals surface area (Å²) in [5.41, 5.74) is 2.33. The molecule has 5 heteroatoms. The molecule has 3 rings (SSSR count). The van der Waals surface area contributed by atoms with Gasteiger partial charge in [-0.05, 0) is 43.7 Å². The fourth-order valence-electron chi connectivity index (χ4n) is 2.63. The Kier molecular flexibility index (Phi) is 3.89. The van der Waals surface area contributed by atoms with Gasteiger partial charge in [-0.15, -0.1) is 22.7 Å². The fourth-order valence-corrected chi connectivity index (χ4v) is 4.42. The van der Waals surface area contributed by atoms with Crippen molar-refractivity contribution in [3.8, 4) is 0 Å². The van der Waals surface area contributed by atoms with Crippen LogP contribution < -0.4 is 5.32 Å². The molecule has 1 amide bonds. The number of rotatable bonds is 3. The number of amides is 1. The minimum Gasteiger partial charge on any atom is -0.297 e. The minimum absolute atomic E-state index is 0.0215. The van der Waals surface area contributed by atoms with E-state index in [0.717, 1.165) is 29.3 Å². The third-order valence-electron chi connectivity index (χ3n) is 3.83. The van der Waals surface area contributed by atoms with Crippen molar-refractivity contribution in [1.29, 1.82) is 0 Å². The van der Waals surface area contributed by atoms with Gasteiger partial charge in [0.25, 0.3) is 5.91 Å². The van der Waals surface area contributed by atoms with E-state index in [4.69, 9.17) is 0 Å². The van der Waals surface area contributed by atoms with Crippen LogP contribution in [0.1, 0.15) is 45.6 Å². The van der Waals surface area contributed by atoms with E-state index in [2.05, 4.69) is 23.3 Å². The maximum Gasteiger partial charge on any atom is 0.267 e. The van der Waals surface area contributed by atoms with Crippen molar-refractivity contribution in [3.63, 3.8) is 0 Å². The molecule has 0 saturated carbocycles. The van der Waals surface area contributed by atoms with Gasteiger partial charge in [0.05, 0.1) is 10.6 Å². The molecule has 0 aliphatic heterocycles. The number of nitrogens with zero attached hydrogens (tertiary/aromatic N) is 1. The Labute approximate surface area is 127 Å². The molecule has 106 valence electrons. The van der Waals surface area contributed by atoms with E-state index in [-0.39, 0.29) is 5.91 Å². The van der Waals surface area contributed by atoms with Gasteiger partial charge >= 0.3 is 0 Å². The minimum atomic E-state index is -0.0215. The van der Waals surface area contributed by atoms with Gasteiger partial charge in [0.1, 0.15) is 0 Å². The molecule has 0 radical (unpaired) electrons. The molecular weight excluding hydrogens is 288 g/mol. The number of aromatic nitrogens is 1. The first-order chi connectivity index (χ1) is 9.65. The molecule has 2 heterocycles. The third-order valence-corrected chi connectivity index (χ3v) is 5.94. The smallest absolute Gasteiger partial charge is 0.267 e. The second kappa shape index (κ2) is 5.66. The van der Waals surface area contributed by atoms with E-state index >= 15 is 0 Å². The summed E-state index contributed by atoms with van der Waals surface area (Å²) in [5.74, 6) is 0.765.